The molecule has 1 aromatic carbocycles. The number of unbranched alkanes of at least 4 members (excludes halogenated alkanes) is 1. The lowest BCUT2D eigenvalue weighted by molar-refractivity contribution is -0.137. The summed E-state index contributed by atoms with van der Waals surface area (Å²) in [5, 5.41) is 37.8. The lowest BCUT2D eigenvalue weighted by Gasteiger charge is -2.30. The van der Waals surface area contributed by atoms with Crippen LogP contribution in [0.5, 0.6) is 0 Å². The molecule has 0 bridgehead atoms. The molecule has 0 aliphatic rings. The van der Waals surface area contributed by atoms with Crippen molar-refractivity contribution in [3.63, 3.8) is 0 Å². The number of nitrogens with two attached hydrogens (primary N) is 1. The number of aromatic amines is 1. The summed E-state index contributed by atoms with van der Waals surface area (Å²) in [4.78, 5) is 83.8. The van der Waals surface area contributed by atoms with Crippen LogP contribution in [0, 0.1) is 5.92 Å². The van der Waals surface area contributed by atoms with E-state index < -0.39 is 89.9 Å². The maximum absolute atomic E-state index is 13.7. The molecule has 12 N–H and O–H groups in total. The molecule has 2 rings (SSSR count). The zero-order valence-electron chi connectivity index (χ0n) is 36.5. The fourth-order valence-electron chi connectivity index (χ4n) is 6.22. The number of carbonyl (C=O) groups excluding carboxylic acids is 6. The van der Waals surface area contributed by atoms with Crippen LogP contribution in [0.4, 0.5) is 0 Å². The van der Waals surface area contributed by atoms with Crippen LogP contribution in [0.15, 0.2) is 30.5 Å². The van der Waals surface area contributed by atoms with Gasteiger partial charge in [-0.15, -0.1) is 0 Å². The van der Waals surface area contributed by atoms with Crippen LogP contribution < -0.4 is 42.4 Å². The summed E-state index contributed by atoms with van der Waals surface area (Å²) in [6.07, 6.45) is 3.99. The molecule has 19 heteroatoms. The molecule has 0 saturated heterocycles. The summed E-state index contributed by atoms with van der Waals surface area (Å²) in [6, 6.07) is 0.970. The van der Waals surface area contributed by atoms with Crippen molar-refractivity contribution in [2.75, 3.05) is 33.1 Å². The highest BCUT2D eigenvalue weighted by molar-refractivity contribution is 7.97. The number of aromatic nitrogens is 1. The Bertz CT molecular complexity index is 1720. The summed E-state index contributed by atoms with van der Waals surface area (Å²) in [5.41, 5.74) is 6.27. The first kappa shape index (κ1) is 51.9. The number of hydrogen-bond acceptors (Lipinski definition) is 12. The Labute approximate surface area is 357 Å². The number of benzene rings is 1. The molecule has 0 spiro atoms. The first-order valence-corrected chi connectivity index (χ1v) is 21.6. The molecule has 0 saturated carbocycles. The van der Waals surface area contributed by atoms with Crippen LogP contribution in [-0.4, -0.2) is 131 Å². The van der Waals surface area contributed by atoms with E-state index in [2.05, 4.69) is 41.6 Å². The zero-order valence-corrected chi connectivity index (χ0v) is 37.3. The van der Waals surface area contributed by atoms with E-state index in [1.807, 2.05) is 45.2 Å². The van der Waals surface area contributed by atoms with Crippen molar-refractivity contribution in [3.8, 4) is 0 Å². The van der Waals surface area contributed by atoms with E-state index in [-0.39, 0.29) is 24.8 Å². The number of nitrogens with one attached hydrogen (secondary N) is 8. The molecule has 1 aromatic heterocycles. The van der Waals surface area contributed by atoms with Gasteiger partial charge in [-0.05, 0) is 91.4 Å². The fraction of sp³-hybridized carbons (Fsp3) is 0.659. The second-order valence-corrected chi connectivity index (χ2v) is 17.2. The number of ether oxygens (including phenoxy) is 1. The van der Waals surface area contributed by atoms with E-state index in [0.29, 0.717) is 32.4 Å². The lowest BCUT2D eigenvalue weighted by atomic mass is 10.0. The molecule has 1 heterocycles. The van der Waals surface area contributed by atoms with Gasteiger partial charge < -0.3 is 57.6 Å². The quantitative estimate of drug-likeness (QED) is 0.0427. The van der Waals surface area contributed by atoms with E-state index >= 15 is 0 Å². The van der Waals surface area contributed by atoms with Crippen LogP contribution in [0.25, 0.3) is 10.9 Å². The van der Waals surface area contributed by atoms with Crippen molar-refractivity contribution in [2.45, 2.75) is 134 Å². The number of amides is 6. The normalized spacial score (nSPS) is 14.9. The Morgan fingerprint density at radius 2 is 1.45 bits per heavy atom. The first-order chi connectivity index (χ1) is 28.2. The van der Waals surface area contributed by atoms with E-state index in [1.165, 1.54) is 6.92 Å². The van der Waals surface area contributed by atoms with Gasteiger partial charge in [0.1, 0.15) is 30.2 Å². The molecule has 18 nitrogen and oxygen atoms in total. The number of para-hydroxylation sites is 1. The average molecular weight is 864 g/mol. The molecule has 0 aliphatic carbocycles. The van der Waals surface area contributed by atoms with Gasteiger partial charge in [0.2, 0.25) is 29.5 Å². The van der Waals surface area contributed by atoms with Crippen molar-refractivity contribution >= 4 is 58.3 Å². The van der Waals surface area contributed by atoms with Crippen molar-refractivity contribution in [1.29, 1.82) is 0 Å². The number of aliphatic hydroxyl groups is 2. The number of aliphatic hydroxyl groups excluding tert-OH is 2. The summed E-state index contributed by atoms with van der Waals surface area (Å²) in [7, 11) is 1.86. The summed E-state index contributed by atoms with van der Waals surface area (Å²) >= 11 is 1.05. The number of carbonyl (C=O) groups is 6. The van der Waals surface area contributed by atoms with Crippen LogP contribution in [0.3, 0.4) is 0 Å². The van der Waals surface area contributed by atoms with Crippen molar-refractivity contribution < 1.29 is 43.7 Å². The molecule has 0 radical (unpaired) electrons. The second kappa shape index (κ2) is 24.9. The van der Waals surface area contributed by atoms with Gasteiger partial charge in [0.15, 0.2) is 0 Å². The highest BCUT2D eigenvalue weighted by Crippen LogP contribution is 2.20. The standard InChI is InChI=1S/C41H69N9O9S/c1-24(2)33(38(57)49-34(25(3)52)39(58)46-30(37(56)50-60-9)20-26-22-44-28-15-11-10-14-27(26)28)48-36(55)31(23-51)47-35(54)29(16-12-13-18-42)45-32(53)21-41(6,7)59-19-17-40(4,5)43-8/h10-11,14-15,22,24-25,29-31,33-34,43-44,51-52H,12-13,16-21,23,42H2,1-9H3,(H,45,53)(H,46,58)(H,47,54)(H,48,55)(H,49,57)(H,50,56)/t25-,29+,30+,31+,33?,34+/m1/s1. The summed E-state index contributed by atoms with van der Waals surface area (Å²) < 4.78 is 8.62. The molecule has 0 aliphatic heterocycles. The third-order valence-electron chi connectivity index (χ3n) is 10.1. The smallest absolute Gasteiger partial charge is 0.252 e. The van der Waals surface area contributed by atoms with Gasteiger partial charge in [-0.3, -0.25) is 33.5 Å². The third kappa shape index (κ3) is 17.0. The number of fused-ring (bicyclic) bond motifs is 1. The Balaban J connectivity index is 2.16. The average Bonchev–Trinajstić information content (AvgIpc) is 3.59. The van der Waals surface area contributed by atoms with Gasteiger partial charge in [-0.1, -0.05) is 44.0 Å². The molecule has 2 aromatic rings. The highest BCUT2D eigenvalue weighted by Gasteiger charge is 2.36. The number of hydrogen-bond donors (Lipinski definition) is 11. The molecule has 1 unspecified atom stereocenters. The SMILES string of the molecule is CNC(C)(C)CCOC(C)(C)CC(=O)N[C@@H](CCCCN)C(=O)N[C@@H](CO)C(=O)NC(C(=O)N[C@H](C(=O)N[C@@H](Cc1c[nH]c2ccccc12)C(=O)NSC)[C@@H](C)O)C(C)C. The monoisotopic (exact) mass is 863 g/mol. The minimum atomic E-state index is -1.54. The highest BCUT2D eigenvalue weighted by atomic mass is 32.2. The molecule has 6 atom stereocenters. The first-order valence-electron chi connectivity index (χ1n) is 20.4. The molecule has 0 fully saturated rings. The van der Waals surface area contributed by atoms with Gasteiger partial charge in [-0.2, -0.15) is 0 Å². The summed E-state index contributed by atoms with van der Waals surface area (Å²) in [6.45, 7) is 12.1. The van der Waals surface area contributed by atoms with Crippen LogP contribution in [0.1, 0.15) is 86.1 Å². The maximum atomic E-state index is 13.7. The van der Waals surface area contributed by atoms with Crippen LogP contribution in [-0.2, 0) is 39.9 Å². The minimum absolute atomic E-state index is 0.0516. The van der Waals surface area contributed by atoms with Gasteiger partial charge in [0, 0.05) is 41.9 Å². The van der Waals surface area contributed by atoms with Gasteiger partial charge in [0.25, 0.3) is 5.91 Å². The molecular weight excluding hydrogens is 795 g/mol. The predicted molar refractivity (Wildman–Crippen MR) is 232 cm³/mol. The molecule has 60 heavy (non-hydrogen) atoms. The minimum Gasteiger partial charge on any atom is -0.394 e. The lowest BCUT2D eigenvalue weighted by Crippen LogP contribution is -2.62. The van der Waals surface area contributed by atoms with Crippen LogP contribution in [0.2, 0.25) is 0 Å². The predicted octanol–water partition coefficient (Wildman–Crippen LogP) is 0.260. The summed E-state index contributed by atoms with van der Waals surface area (Å²) in [5.74, 6) is -4.83. The van der Waals surface area contributed by atoms with E-state index in [1.54, 1.807) is 40.1 Å². The Hall–Kier alpha value is -4.27. The second-order valence-electron chi connectivity index (χ2n) is 16.6. The van der Waals surface area contributed by atoms with E-state index in [9.17, 15) is 39.0 Å². The van der Waals surface area contributed by atoms with E-state index in [4.69, 9.17) is 10.5 Å². The topological polar surface area (TPSA) is 278 Å². The number of H-pyrrole nitrogens is 1. The zero-order chi connectivity index (χ0) is 45.2. The maximum Gasteiger partial charge on any atom is 0.252 e. The third-order valence-corrected chi connectivity index (χ3v) is 10.5. The van der Waals surface area contributed by atoms with Crippen molar-refractivity contribution in [2.24, 2.45) is 11.7 Å². The van der Waals surface area contributed by atoms with Crippen LogP contribution >= 0.6 is 11.9 Å². The Morgan fingerprint density at radius 1 is 0.833 bits per heavy atom. The molecular formula is C41H69N9O9S. The van der Waals surface area contributed by atoms with Gasteiger partial charge >= 0.3 is 0 Å². The van der Waals surface area contributed by atoms with E-state index in [0.717, 1.165) is 28.4 Å². The van der Waals surface area contributed by atoms with Gasteiger partial charge in [0.05, 0.1) is 24.7 Å². The Kier molecular flexibility index (Phi) is 21.5. The Morgan fingerprint density at radius 3 is 2.05 bits per heavy atom. The van der Waals surface area contributed by atoms with Gasteiger partial charge in [-0.25, -0.2) is 0 Å². The number of rotatable bonds is 27. The largest absolute Gasteiger partial charge is 0.394 e. The molecule has 6 amide bonds. The fourth-order valence-corrected chi connectivity index (χ4v) is 6.56. The van der Waals surface area contributed by atoms with Crippen molar-refractivity contribution in [1.82, 2.24) is 41.6 Å². The molecule has 338 valence electrons. The van der Waals surface area contributed by atoms with Crippen molar-refractivity contribution in [3.05, 3.63) is 36.0 Å².